The number of allylic oxidation sites excluding steroid dienone is 1. The maximum absolute atomic E-state index is 6.06. The molecule has 0 N–H and O–H groups in total. The van der Waals surface area contributed by atoms with E-state index in [0.29, 0.717) is 6.61 Å². The first kappa shape index (κ1) is 19.9. The summed E-state index contributed by atoms with van der Waals surface area (Å²) in [6.07, 6.45) is 7.15. The third kappa shape index (κ3) is 4.54. The molecule has 1 heterocycles. The van der Waals surface area contributed by atoms with Crippen LogP contribution in [-0.2, 0) is 13.0 Å². The van der Waals surface area contributed by atoms with E-state index in [9.17, 15) is 0 Å². The minimum absolute atomic E-state index is 0.610. The number of anilines is 1. The van der Waals surface area contributed by atoms with Crippen molar-refractivity contribution in [1.29, 1.82) is 0 Å². The summed E-state index contributed by atoms with van der Waals surface area (Å²) in [6.45, 7) is 5.33. The second-order valence-electron chi connectivity index (χ2n) is 8.97. The summed E-state index contributed by atoms with van der Waals surface area (Å²) in [5, 5.41) is 0. The van der Waals surface area contributed by atoms with E-state index in [4.69, 9.17) is 4.74 Å². The molecule has 1 fully saturated rings. The molecule has 158 valence electrons. The highest BCUT2D eigenvalue weighted by Gasteiger charge is 2.18. The normalized spacial score (nSPS) is 16.5. The minimum atomic E-state index is 0.610. The highest BCUT2D eigenvalue weighted by Crippen LogP contribution is 2.35. The minimum Gasteiger partial charge on any atom is -0.489 e. The van der Waals surface area contributed by atoms with Crippen molar-refractivity contribution in [2.45, 2.75) is 39.2 Å². The first-order valence-corrected chi connectivity index (χ1v) is 11.6. The van der Waals surface area contributed by atoms with Gasteiger partial charge in [-0.2, -0.15) is 0 Å². The quantitative estimate of drug-likeness (QED) is 0.455. The van der Waals surface area contributed by atoms with E-state index in [0.717, 1.165) is 24.5 Å². The fourth-order valence-electron chi connectivity index (χ4n) is 4.74. The van der Waals surface area contributed by atoms with Crippen molar-refractivity contribution in [1.82, 2.24) is 0 Å². The van der Waals surface area contributed by atoms with E-state index < -0.39 is 0 Å². The van der Waals surface area contributed by atoms with Gasteiger partial charge < -0.3 is 9.64 Å². The molecule has 0 aromatic heterocycles. The lowest BCUT2D eigenvalue weighted by molar-refractivity contribution is 0.306. The molecule has 1 saturated heterocycles. The van der Waals surface area contributed by atoms with E-state index in [1.54, 1.807) is 0 Å². The molecule has 31 heavy (non-hydrogen) atoms. The van der Waals surface area contributed by atoms with Crippen molar-refractivity contribution < 1.29 is 4.74 Å². The molecule has 1 aliphatic carbocycles. The van der Waals surface area contributed by atoms with Crippen molar-refractivity contribution >= 4 is 11.3 Å². The van der Waals surface area contributed by atoms with Crippen LogP contribution in [0, 0.1) is 5.92 Å². The van der Waals surface area contributed by atoms with E-state index >= 15 is 0 Å². The van der Waals surface area contributed by atoms with Crippen molar-refractivity contribution in [2.75, 3.05) is 18.0 Å². The summed E-state index contributed by atoms with van der Waals surface area (Å²) in [4.78, 5) is 2.53. The largest absolute Gasteiger partial charge is 0.489 e. The zero-order valence-corrected chi connectivity index (χ0v) is 18.4. The van der Waals surface area contributed by atoms with Crippen LogP contribution in [0.5, 0.6) is 5.75 Å². The maximum Gasteiger partial charge on any atom is 0.120 e. The number of hydrogen-bond acceptors (Lipinski definition) is 2. The average molecular weight is 410 g/mol. The number of aryl methyl sites for hydroxylation is 1. The van der Waals surface area contributed by atoms with Gasteiger partial charge in [0.05, 0.1) is 0 Å². The first-order chi connectivity index (χ1) is 15.3. The van der Waals surface area contributed by atoms with Crippen LogP contribution in [0.2, 0.25) is 0 Å². The Hall–Kier alpha value is -3.00. The van der Waals surface area contributed by atoms with Crippen LogP contribution in [0.4, 0.5) is 5.69 Å². The highest BCUT2D eigenvalue weighted by atomic mass is 16.5. The molecule has 3 aromatic rings. The smallest absolute Gasteiger partial charge is 0.120 e. The van der Waals surface area contributed by atoms with Crippen molar-refractivity contribution in [2.24, 2.45) is 5.92 Å². The monoisotopic (exact) mass is 409 g/mol. The molecule has 0 bridgehead atoms. The maximum atomic E-state index is 6.06. The zero-order valence-electron chi connectivity index (χ0n) is 18.4. The molecule has 2 aliphatic rings. The molecule has 0 unspecified atom stereocenters. The van der Waals surface area contributed by atoms with Crippen molar-refractivity contribution in [3.63, 3.8) is 0 Å². The first-order valence-electron chi connectivity index (χ1n) is 11.6. The van der Waals surface area contributed by atoms with Crippen molar-refractivity contribution in [3.8, 4) is 5.75 Å². The average Bonchev–Trinajstić information content (AvgIpc) is 2.83. The second kappa shape index (κ2) is 9.01. The number of nitrogens with zero attached hydrogens (tertiary/aromatic N) is 1. The predicted molar refractivity (Wildman–Crippen MR) is 130 cm³/mol. The standard InChI is InChI=1S/C29H31NO/c1-22-16-18-30(19-17-22)26-12-10-24(11-13-26)28-9-5-8-25-20-27(14-15-29(25)28)31-21-23-6-3-2-4-7-23/h2-4,6-7,9-15,20,22H,5,8,16-19,21H2,1H3. The number of hydrogen-bond donors (Lipinski definition) is 0. The van der Waals surface area contributed by atoms with E-state index in [1.165, 1.54) is 59.4 Å². The Morgan fingerprint density at radius 3 is 2.45 bits per heavy atom. The van der Waals surface area contributed by atoms with Gasteiger partial charge in [-0.25, -0.2) is 0 Å². The summed E-state index contributed by atoms with van der Waals surface area (Å²) < 4.78 is 6.06. The number of fused-ring (bicyclic) bond motifs is 1. The van der Waals surface area contributed by atoms with Crippen LogP contribution < -0.4 is 9.64 Å². The van der Waals surface area contributed by atoms with Gasteiger partial charge in [0.1, 0.15) is 12.4 Å². The van der Waals surface area contributed by atoms with Gasteiger partial charge in [-0.05, 0) is 83.7 Å². The Morgan fingerprint density at radius 2 is 1.68 bits per heavy atom. The summed E-state index contributed by atoms with van der Waals surface area (Å²) in [6, 6.07) is 26.1. The highest BCUT2D eigenvalue weighted by molar-refractivity contribution is 5.83. The number of benzene rings is 3. The van der Waals surface area contributed by atoms with E-state index in [1.807, 2.05) is 6.07 Å². The molecular weight excluding hydrogens is 378 g/mol. The number of piperidine rings is 1. The molecule has 5 rings (SSSR count). The van der Waals surface area contributed by atoms with E-state index in [2.05, 4.69) is 84.6 Å². The molecule has 0 amide bonds. The lowest BCUT2D eigenvalue weighted by Gasteiger charge is -2.32. The molecule has 0 saturated carbocycles. The van der Waals surface area contributed by atoms with Gasteiger partial charge in [-0.3, -0.25) is 0 Å². The third-order valence-corrected chi connectivity index (χ3v) is 6.70. The Morgan fingerprint density at radius 1 is 0.903 bits per heavy atom. The van der Waals surface area contributed by atoms with Gasteiger partial charge in [0, 0.05) is 18.8 Å². The fraction of sp³-hybridized carbons (Fsp3) is 0.310. The number of rotatable bonds is 5. The Bertz CT molecular complexity index is 1040. The zero-order chi connectivity index (χ0) is 21.0. The molecular formula is C29H31NO. The van der Waals surface area contributed by atoms with Crippen LogP contribution in [-0.4, -0.2) is 13.1 Å². The van der Waals surface area contributed by atoms with Crippen LogP contribution >= 0.6 is 0 Å². The lowest BCUT2D eigenvalue weighted by Crippen LogP contribution is -2.32. The molecule has 0 atom stereocenters. The van der Waals surface area contributed by atoms with Crippen LogP contribution in [0.25, 0.3) is 5.57 Å². The molecule has 3 aromatic carbocycles. The van der Waals surface area contributed by atoms with Crippen molar-refractivity contribution in [3.05, 3.63) is 101 Å². The molecule has 0 spiro atoms. The van der Waals surface area contributed by atoms with Gasteiger partial charge in [-0.1, -0.05) is 61.5 Å². The Balaban J connectivity index is 1.31. The predicted octanol–water partition coefficient (Wildman–Crippen LogP) is 6.88. The lowest BCUT2D eigenvalue weighted by atomic mass is 9.86. The molecule has 2 nitrogen and oxygen atoms in total. The Kier molecular flexibility index (Phi) is 5.80. The molecule has 0 radical (unpaired) electrons. The number of ether oxygens (including phenoxy) is 1. The van der Waals surface area contributed by atoms with Gasteiger partial charge in [0.25, 0.3) is 0 Å². The molecule has 2 heteroatoms. The van der Waals surface area contributed by atoms with Crippen LogP contribution in [0.1, 0.15) is 48.4 Å². The summed E-state index contributed by atoms with van der Waals surface area (Å²) in [7, 11) is 0. The molecule has 1 aliphatic heterocycles. The summed E-state index contributed by atoms with van der Waals surface area (Å²) in [5.74, 6) is 1.82. The van der Waals surface area contributed by atoms with Crippen LogP contribution in [0.15, 0.2) is 78.9 Å². The topological polar surface area (TPSA) is 12.5 Å². The van der Waals surface area contributed by atoms with Gasteiger partial charge in [0.15, 0.2) is 0 Å². The third-order valence-electron chi connectivity index (χ3n) is 6.70. The second-order valence-corrected chi connectivity index (χ2v) is 8.97. The summed E-state index contributed by atoms with van der Waals surface area (Å²) >= 11 is 0. The van der Waals surface area contributed by atoms with Gasteiger partial charge in [0.2, 0.25) is 0 Å². The van der Waals surface area contributed by atoms with E-state index in [-0.39, 0.29) is 0 Å². The SMILES string of the molecule is CC1CCN(c2ccc(C3=CCCc4cc(OCc5ccccc5)ccc43)cc2)CC1. The summed E-state index contributed by atoms with van der Waals surface area (Å²) in [5.41, 5.74) is 7.96. The fourth-order valence-corrected chi connectivity index (χ4v) is 4.74. The van der Waals surface area contributed by atoms with Crippen LogP contribution in [0.3, 0.4) is 0 Å². The van der Waals surface area contributed by atoms with Gasteiger partial charge >= 0.3 is 0 Å². The van der Waals surface area contributed by atoms with Gasteiger partial charge in [-0.15, -0.1) is 0 Å². The Labute approximate surface area is 186 Å².